The average Bonchev–Trinajstić information content (AvgIpc) is 2.74. The van der Waals surface area contributed by atoms with Gasteiger partial charge in [0, 0.05) is 4.88 Å². The lowest BCUT2D eigenvalue weighted by Gasteiger charge is -1.95. The van der Waals surface area contributed by atoms with Gasteiger partial charge in [0.25, 0.3) is 5.95 Å². The third kappa shape index (κ3) is 2.10. The molecule has 14 heavy (non-hydrogen) atoms. The number of H-pyrrole nitrogens is 1. The number of aryl methyl sites for hydroxylation is 1. The van der Waals surface area contributed by atoms with Crippen LogP contribution in [0, 0.1) is 6.92 Å². The molecule has 7 heteroatoms. The zero-order chi connectivity index (χ0) is 9.97. The van der Waals surface area contributed by atoms with Crippen molar-refractivity contribution in [3.63, 3.8) is 0 Å². The fourth-order valence-corrected chi connectivity index (χ4v) is 2.58. The number of tetrazole rings is 1. The van der Waals surface area contributed by atoms with Crippen molar-refractivity contribution in [1.29, 1.82) is 0 Å². The Balaban J connectivity index is 1.98. The summed E-state index contributed by atoms with van der Waals surface area (Å²) in [7, 11) is 0. The lowest BCUT2D eigenvalue weighted by molar-refractivity contribution is 0.881. The second-order valence-corrected chi connectivity index (χ2v) is 5.21. The van der Waals surface area contributed by atoms with Crippen LogP contribution >= 0.6 is 27.3 Å². The van der Waals surface area contributed by atoms with Crippen molar-refractivity contribution in [2.24, 2.45) is 0 Å². The Hall–Kier alpha value is -0.950. The SMILES string of the molecule is Cc1cc(CNc2nn[nH]n2)sc1Br. The van der Waals surface area contributed by atoms with Gasteiger partial charge in [-0.25, -0.2) is 0 Å². The topological polar surface area (TPSA) is 66.5 Å². The highest BCUT2D eigenvalue weighted by Gasteiger charge is 2.03. The van der Waals surface area contributed by atoms with Crippen LogP contribution in [0.5, 0.6) is 0 Å². The minimum atomic E-state index is 0.521. The van der Waals surface area contributed by atoms with Gasteiger partial charge in [0.1, 0.15) is 0 Å². The molecule has 5 nitrogen and oxygen atoms in total. The molecule has 2 aromatic heterocycles. The van der Waals surface area contributed by atoms with Crippen LogP contribution in [-0.2, 0) is 6.54 Å². The third-order valence-corrected chi connectivity index (χ3v) is 3.81. The van der Waals surface area contributed by atoms with Gasteiger partial charge >= 0.3 is 0 Å². The normalized spacial score (nSPS) is 10.4. The Morgan fingerprint density at radius 1 is 1.64 bits per heavy atom. The number of hydrogen-bond donors (Lipinski definition) is 2. The summed E-state index contributed by atoms with van der Waals surface area (Å²) in [5.41, 5.74) is 1.25. The monoisotopic (exact) mass is 273 g/mol. The van der Waals surface area contributed by atoms with Crippen LogP contribution in [-0.4, -0.2) is 20.6 Å². The van der Waals surface area contributed by atoms with Crippen LogP contribution in [0.15, 0.2) is 9.85 Å². The van der Waals surface area contributed by atoms with Crippen LogP contribution in [0.1, 0.15) is 10.4 Å². The Labute approximate surface area is 93.0 Å². The molecule has 0 saturated heterocycles. The molecule has 2 rings (SSSR count). The van der Waals surface area contributed by atoms with E-state index in [0.29, 0.717) is 5.95 Å². The first-order valence-corrected chi connectivity index (χ1v) is 5.59. The number of rotatable bonds is 3. The predicted molar refractivity (Wildman–Crippen MR) is 58.3 cm³/mol. The van der Waals surface area contributed by atoms with E-state index in [1.165, 1.54) is 14.2 Å². The highest BCUT2D eigenvalue weighted by molar-refractivity contribution is 9.11. The molecule has 0 aliphatic rings. The number of anilines is 1. The van der Waals surface area contributed by atoms with Crippen molar-refractivity contribution >= 4 is 33.2 Å². The smallest absolute Gasteiger partial charge is 0.263 e. The Kier molecular flexibility index (Phi) is 2.78. The fourth-order valence-electron chi connectivity index (χ4n) is 1.01. The van der Waals surface area contributed by atoms with Crippen molar-refractivity contribution in [3.8, 4) is 0 Å². The van der Waals surface area contributed by atoms with E-state index >= 15 is 0 Å². The second-order valence-electron chi connectivity index (χ2n) is 2.76. The van der Waals surface area contributed by atoms with Crippen molar-refractivity contribution in [3.05, 3.63) is 20.3 Å². The molecular weight excluding hydrogens is 266 g/mol. The van der Waals surface area contributed by atoms with E-state index in [1.54, 1.807) is 11.3 Å². The van der Waals surface area contributed by atoms with Gasteiger partial charge in [0.2, 0.25) is 0 Å². The fraction of sp³-hybridized carbons (Fsp3) is 0.286. The average molecular weight is 274 g/mol. The van der Waals surface area contributed by atoms with Crippen molar-refractivity contribution in [2.45, 2.75) is 13.5 Å². The molecular formula is C7H8BrN5S. The minimum absolute atomic E-state index is 0.521. The first-order chi connectivity index (χ1) is 6.75. The number of nitrogens with one attached hydrogen (secondary N) is 2. The molecule has 2 aromatic rings. The van der Waals surface area contributed by atoms with E-state index < -0.39 is 0 Å². The van der Waals surface area contributed by atoms with Gasteiger partial charge in [-0.2, -0.15) is 5.21 Å². The van der Waals surface area contributed by atoms with Crippen LogP contribution < -0.4 is 5.32 Å². The summed E-state index contributed by atoms with van der Waals surface area (Å²) in [6, 6.07) is 2.13. The minimum Gasteiger partial charge on any atom is -0.347 e. The van der Waals surface area contributed by atoms with Crippen molar-refractivity contribution < 1.29 is 0 Å². The van der Waals surface area contributed by atoms with E-state index in [1.807, 2.05) is 0 Å². The molecule has 0 fully saturated rings. The quantitative estimate of drug-likeness (QED) is 0.897. The summed E-state index contributed by atoms with van der Waals surface area (Å²) < 4.78 is 1.17. The van der Waals surface area contributed by atoms with E-state index in [4.69, 9.17) is 0 Å². The van der Waals surface area contributed by atoms with E-state index in [-0.39, 0.29) is 0 Å². The van der Waals surface area contributed by atoms with Gasteiger partial charge in [0.15, 0.2) is 0 Å². The van der Waals surface area contributed by atoms with Crippen molar-refractivity contribution in [1.82, 2.24) is 20.6 Å². The molecule has 0 saturated carbocycles. The van der Waals surface area contributed by atoms with E-state index in [9.17, 15) is 0 Å². The molecule has 2 N–H and O–H groups in total. The third-order valence-electron chi connectivity index (χ3n) is 1.67. The second kappa shape index (κ2) is 4.05. The molecule has 0 aromatic carbocycles. The van der Waals surface area contributed by atoms with Gasteiger partial charge < -0.3 is 5.32 Å². The summed E-state index contributed by atoms with van der Waals surface area (Å²) >= 11 is 5.18. The largest absolute Gasteiger partial charge is 0.347 e. The predicted octanol–water partition coefficient (Wildman–Crippen LogP) is 1.94. The van der Waals surface area contributed by atoms with Gasteiger partial charge in [-0.3, -0.25) is 0 Å². The van der Waals surface area contributed by atoms with Gasteiger partial charge in [0.05, 0.1) is 10.3 Å². The summed E-state index contributed by atoms with van der Waals surface area (Å²) in [5, 5.41) is 16.5. The van der Waals surface area contributed by atoms with E-state index in [2.05, 4.69) is 54.9 Å². The summed E-state index contributed by atoms with van der Waals surface area (Å²) in [6.07, 6.45) is 0. The standard InChI is InChI=1S/C7H8BrN5S/c1-4-2-5(14-6(4)8)3-9-7-10-12-13-11-7/h2H,3H2,1H3,(H2,9,10,11,12,13). The first kappa shape index (κ1) is 9.60. The Morgan fingerprint density at radius 3 is 3.07 bits per heavy atom. The Bertz CT molecular complexity index is 390. The molecule has 2 heterocycles. The molecule has 74 valence electrons. The zero-order valence-electron chi connectivity index (χ0n) is 7.41. The first-order valence-electron chi connectivity index (χ1n) is 3.98. The summed E-state index contributed by atoms with van der Waals surface area (Å²) in [5.74, 6) is 0.521. The zero-order valence-corrected chi connectivity index (χ0v) is 9.81. The molecule has 0 aliphatic heterocycles. The maximum absolute atomic E-state index is 3.80. The van der Waals surface area contributed by atoms with Gasteiger partial charge in [-0.15, -0.1) is 16.4 Å². The van der Waals surface area contributed by atoms with Crippen LogP contribution in [0.2, 0.25) is 0 Å². The van der Waals surface area contributed by atoms with Crippen molar-refractivity contribution in [2.75, 3.05) is 5.32 Å². The maximum atomic E-state index is 3.80. The molecule has 0 radical (unpaired) electrons. The lowest BCUT2D eigenvalue weighted by Crippen LogP contribution is -1.98. The molecule has 0 unspecified atom stereocenters. The highest BCUT2D eigenvalue weighted by Crippen LogP contribution is 2.27. The Morgan fingerprint density at radius 2 is 2.50 bits per heavy atom. The lowest BCUT2D eigenvalue weighted by atomic mass is 10.3. The maximum Gasteiger partial charge on any atom is 0.263 e. The summed E-state index contributed by atoms with van der Waals surface area (Å²) in [4.78, 5) is 1.24. The number of nitrogens with zero attached hydrogens (tertiary/aromatic N) is 3. The number of hydrogen-bond acceptors (Lipinski definition) is 5. The molecule has 0 bridgehead atoms. The number of thiophene rings is 1. The molecule has 0 amide bonds. The van der Waals surface area contributed by atoms with E-state index in [0.717, 1.165) is 6.54 Å². The van der Waals surface area contributed by atoms with Crippen LogP contribution in [0.25, 0.3) is 0 Å². The number of aromatic amines is 1. The van der Waals surface area contributed by atoms with Gasteiger partial charge in [-0.05, 0) is 39.7 Å². The van der Waals surface area contributed by atoms with Gasteiger partial charge in [-0.1, -0.05) is 5.10 Å². The molecule has 0 aliphatic carbocycles. The number of halogens is 1. The van der Waals surface area contributed by atoms with Crippen LogP contribution in [0.3, 0.4) is 0 Å². The summed E-state index contributed by atoms with van der Waals surface area (Å²) in [6.45, 7) is 2.79. The molecule has 0 spiro atoms. The molecule has 0 atom stereocenters. The van der Waals surface area contributed by atoms with Crippen LogP contribution in [0.4, 0.5) is 5.95 Å². The highest BCUT2D eigenvalue weighted by atomic mass is 79.9. The number of aromatic nitrogens is 4.